The number of hydrogen-bond donors (Lipinski definition) is 0. The molecule has 1 heterocycles. The second-order valence-corrected chi connectivity index (χ2v) is 8.49. The molecule has 2 rings (SSSR count). The number of rotatable bonds is 5. The van der Waals surface area contributed by atoms with E-state index in [0.29, 0.717) is 13.1 Å². The molecular weight excluding hydrogens is 342 g/mol. The van der Waals surface area contributed by atoms with Crippen LogP contribution in [0.25, 0.3) is 0 Å². The molecular formula is C17H25N3O4S. The molecule has 1 aromatic carbocycles. The number of sulfone groups is 1. The fourth-order valence-corrected chi connectivity index (χ4v) is 4.17. The SMILES string of the molecule is CC(=O)N1CCN(CCS(=O)(=O)c2ccccc2)C(C(=O)N(C)C)C1. The lowest BCUT2D eigenvalue weighted by Gasteiger charge is -2.41. The smallest absolute Gasteiger partial charge is 0.241 e. The van der Waals surface area contributed by atoms with Crippen LogP contribution >= 0.6 is 0 Å². The largest absolute Gasteiger partial charge is 0.347 e. The quantitative estimate of drug-likeness (QED) is 0.737. The average Bonchev–Trinajstić information content (AvgIpc) is 2.59. The summed E-state index contributed by atoms with van der Waals surface area (Å²) in [5.41, 5.74) is 0. The summed E-state index contributed by atoms with van der Waals surface area (Å²) in [4.78, 5) is 29.4. The van der Waals surface area contributed by atoms with E-state index in [1.54, 1.807) is 49.3 Å². The van der Waals surface area contributed by atoms with Crippen molar-refractivity contribution in [1.82, 2.24) is 14.7 Å². The van der Waals surface area contributed by atoms with Gasteiger partial charge in [0.1, 0.15) is 6.04 Å². The second kappa shape index (κ2) is 7.97. The molecule has 1 fully saturated rings. The van der Waals surface area contributed by atoms with Crippen LogP contribution in [0.1, 0.15) is 6.92 Å². The summed E-state index contributed by atoms with van der Waals surface area (Å²) in [5, 5.41) is 0. The summed E-state index contributed by atoms with van der Waals surface area (Å²) >= 11 is 0. The van der Waals surface area contributed by atoms with E-state index < -0.39 is 15.9 Å². The first-order valence-corrected chi connectivity index (χ1v) is 9.86. The molecule has 0 aromatic heterocycles. The van der Waals surface area contributed by atoms with Crippen molar-refractivity contribution in [3.8, 4) is 0 Å². The maximum Gasteiger partial charge on any atom is 0.241 e. The van der Waals surface area contributed by atoms with Gasteiger partial charge in [0.05, 0.1) is 10.6 Å². The van der Waals surface area contributed by atoms with Gasteiger partial charge in [-0.1, -0.05) is 18.2 Å². The van der Waals surface area contributed by atoms with E-state index >= 15 is 0 Å². The van der Waals surface area contributed by atoms with Crippen LogP contribution in [-0.4, -0.2) is 87.0 Å². The molecule has 1 aromatic rings. The van der Waals surface area contributed by atoms with E-state index in [0.717, 1.165) is 0 Å². The highest BCUT2D eigenvalue weighted by atomic mass is 32.2. The number of amides is 2. The molecule has 2 amide bonds. The molecule has 7 nitrogen and oxygen atoms in total. The highest BCUT2D eigenvalue weighted by Gasteiger charge is 2.34. The first kappa shape index (κ1) is 19.4. The molecule has 0 saturated carbocycles. The van der Waals surface area contributed by atoms with Gasteiger partial charge in [-0.15, -0.1) is 0 Å². The van der Waals surface area contributed by atoms with Crippen LogP contribution in [0, 0.1) is 0 Å². The van der Waals surface area contributed by atoms with Crippen LogP contribution in [0.2, 0.25) is 0 Å². The molecule has 0 aliphatic carbocycles. The molecule has 8 heteroatoms. The summed E-state index contributed by atoms with van der Waals surface area (Å²) in [6.45, 7) is 3.00. The Kier molecular flexibility index (Phi) is 6.18. The zero-order chi connectivity index (χ0) is 18.6. The number of nitrogens with zero attached hydrogens (tertiary/aromatic N) is 3. The fraction of sp³-hybridized carbons (Fsp3) is 0.529. The first-order valence-electron chi connectivity index (χ1n) is 8.21. The van der Waals surface area contributed by atoms with Gasteiger partial charge < -0.3 is 9.80 Å². The molecule has 0 radical (unpaired) electrons. The maximum atomic E-state index is 12.5. The molecule has 0 N–H and O–H groups in total. The minimum Gasteiger partial charge on any atom is -0.347 e. The van der Waals surface area contributed by atoms with Crippen molar-refractivity contribution >= 4 is 21.7 Å². The van der Waals surface area contributed by atoms with Gasteiger partial charge in [0, 0.05) is 47.2 Å². The maximum absolute atomic E-state index is 12.5. The molecule has 138 valence electrons. The average molecular weight is 367 g/mol. The Morgan fingerprint density at radius 3 is 2.36 bits per heavy atom. The van der Waals surface area contributed by atoms with Crippen molar-refractivity contribution in [3.63, 3.8) is 0 Å². The van der Waals surface area contributed by atoms with Crippen LogP contribution in [-0.2, 0) is 19.4 Å². The van der Waals surface area contributed by atoms with Gasteiger partial charge in [-0.2, -0.15) is 0 Å². The normalized spacial score (nSPS) is 18.8. The van der Waals surface area contributed by atoms with Crippen LogP contribution in [0.15, 0.2) is 35.2 Å². The Bertz CT molecular complexity index is 719. The van der Waals surface area contributed by atoms with E-state index in [4.69, 9.17) is 0 Å². The number of piperazine rings is 1. The lowest BCUT2D eigenvalue weighted by Crippen LogP contribution is -2.60. The van der Waals surface area contributed by atoms with Crippen molar-refractivity contribution in [1.29, 1.82) is 0 Å². The van der Waals surface area contributed by atoms with E-state index in [1.165, 1.54) is 11.8 Å². The summed E-state index contributed by atoms with van der Waals surface area (Å²) in [6.07, 6.45) is 0. The zero-order valence-electron chi connectivity index (χ0n) is 14.9. The van der Waals surface area contributed by atoms with E-state index in [2.05, 4.69) is 0 Å². The number of carbonyl (C=O) groups is 2. The minimum atomic E-state index is -3.41. The molecule has 1 aliphatic heterocycles. The highest BCUT2D eigenvalue weighted by Crippen LogP contribution is 2.15. The Hall–Kier alpha value is -1.93. The Morgan fingerprint density at radius 2 is 1.80 bits per heavy atom. The third-order valence-corrected chi connectivity index (χ3v) is 6.12. The van der Waals surface area contributed by atoms with Crippen molar-refractivity contribution in [2.24, 2.45) is 0 Å². The molecule has 1 atom stereocenters. The van der Waals surface area contributed by atoms with Crippen molar-refractivity contribution in [2.75, 3.05) is 46.0 Å². The van der Waals surface area contributed by atoms with Crippen LogP contribution < -0.4 is 0 Å². The molecule has 25 heavy (non-hydrogen) atoms. The molecule has 0 bridgehead atoms. The lowest BCUT2D eigenvalue weighted by molar-refractivity contribution is -0.141. The van der Waals surface area contributed by atoms with Crippen molar-refractivity contribution in [3.05, 3.63) is 30.3 Å². The van der Waals surface area contributed by atoms with E-state index in [1.807, 2.05) is 4.90 Å². The van der Waals surface area contributed by atoms with Gasteiger partial charge in [-0.05, 0) is 12.1 Å². The van der Waals surface area contributed by atoms with E-state index in [-0.39, 0.29) is 35.6 Å². The van der Waals surface area contributed by atoms with Crippen LogP contribution in [0.4, 0.5) is 0 Å². The third-order valence-electron chi connectivity index (χ3n) is 4.41. The molecule has 1 aliphatic rings. The number of benzene rings is 1. The summed E-state index contributed by atoms with van der Waals surface area (Å²) in [5.74, 6) is -0.259. The van der Waals surface area contributed by atoms with Crippen molar-refractivity contribution in [2.45, 2.75) is 17.9 Å². The van der Waals surface area contributed by atoms with Gasteiger partial charge >= 0.3 is 0 Å². The summed E-state index contributed by atoms with van der Waals surface area (Å²) in [6, 6.07) is 7.79. The topological polar surface area (TPSA) is 78.0 Å². The Labute approximate surface area is 149 Å². The molecule has 1 unspecified atom stereocenters. The number of hydrogen-bond acceptors (Lipinski definition) is 5. The second-order valence-electron chi connectivity index (χ2n) is 6.38. The number of likely N-dealkylation sites (N-methyl/N-ethyl adjacent to an activating group) is 1. The van der Waals surface area contributed by atoms with Gasteiger partial charge in [0.15, 0.2) is 9.84 Å². The summed E-state index contributed by atoms with van der Waals surface area (Å²) < 4.78 is 24.9. The van der Waals surface area contributed by atoms with Gasteiger partial charge in [-0.25, -0.2) is 8.42 Å². The summed E-state index contributed by atoms with van der Waals surface area (Å²) in [7, 11) is -0.0847. The van der Waals surface area contributed by atoms with E-state index in [9.17, 15) is 18.0 Å². The molecule has 0 spiro atoms. The standard InChI is InChI=1S/C17H25N3O4S/c1-14(21)20-10-9-19(16(13-20)17(22)18(2)3)11-12-25(23,24)15-7-5-4-6-8-15/h4-8,16H,9-13H2,1-3H3. The van der Waals surface area contributed by atoms with Gasteiger partial charge in [0.2, 0.25) is 11.8 Å². The fourth-order valence-electron chi connectivity index (χ4n) is 2.89. The molecule has 1 saturated heterocycles. The van der Waals surface area contributed by atoms with Gasteiger partial charge in [0.25, 0.3) is 0 Å². The monoisotopic (exact) mass is 367 g/mol. The minimum absolute atomic E-state index is 0.0612. The highest BCUT2D eigenvalue weighted by molar-refractivity contribution is 7.91. The lowest BCUT2D eigenvalue weighted by atomic mass is 10.1. The van der Waals surface area contributed by atoms with Crippen LogP contribution in [0.5, 0.6) is 0 Å². The third kappa shape index (κ3) is 4.79. The number of carbonyl (C=O) groups excluding carboxylic acids is 2. The predicted molar refractivity (Wildman–Crippen MR) is 94.8 cm³/mol. The van der Waals surface area contributed by atoms with Gasteiger partial charge in [-0.3, -0.25) is 14.5 Å². The van der Waals surface area contributed by atoms with Crippen molar-refractivity contribution < 1.29 is 18.0 Å². The zero-order valence-corrected chi connectivity index (χ0v) is 15.7. The predicted octanol–water partition coefficient (Wildman–Crippen LogP) is 0.0812. The Balaban J connectivity index is 2.11. The first-order chi connectivity index (χ1) is 11.7. The Morgan fingerprint density at radius 1 is 1.16 bits per heavy atom. The van der Waals surface area contributed by atoms with Crippen LogP contribution in [0.3, 0.4) is 0 Å².